The molecule has 1 rings (SSSR count). The van der Waals surface area contributed by atoms with Crippen LogP contribution >= 0.6 is 0 Å². The summed E-state index contributed by atoms with van der Waals surface area (Å²) in [5.74, 6) is -0.542. The molecule has 0 atom stereocenters. The average molecular weight is 236 g/mol. The molecule has 0 saturated heterocycles. The normalized spacial score (nSPS) is 9.71. The van der Waals surface area contributed by atoms with Crippen LogP contribution in [0.5, 0.6) is 0 Å². The van der Waals surface area contributed by atoms with E-state index in [-0.39, 0.29) is 24.8 Å². The molecule has 0 radical (unpaired) electrons. The molecule has 1 amide bonds. The van der Waals surface area contributed by atoms with Crippen LogP contribution < -0.4 is 11.1 Å². The molecule has 0 aliphatic carbocycles. The molecule has 1 aromatic rings. The first-order valence-corrected chi connectivity index (χ1v) is 5.43. The van der Waals surface area contributed by atoms with Crippen LogP contribution in [0, 0.1) is 0 Å². The van der Waals surface area contributed by atoms with Gasteiger partial charge in [0.15, 0.2) is 0 Å². The lowest BCUT2D eigenvalue weighted by molar-refractivity contribution is -0.142. The summed E-state index contributed by atoms with van der Waals surface area (Å²) in [5, 5.41) is 2.63. The van der Waals surface area contributed by atoms with E-state index >= 15 is 0 Å². The second kappa shape index (κ2) is 6.52. The van der Waals surface area contributed by atoms with Gasteiger partial charge in [0, 0.05) is 17.8 Å². The van der Waals surface area contributed by atoms with E-state index < -0.39 is 0 Å². The summed E-state index contributed by atoms with van der Waals surface area (Å²) in [6.45, 7) is 2.36. The number of benzene rings is 1. The zero-order valence-corrected chi connectivity index (χ0v) is 9.73. The number of anilines is 1. The van der Waals surface area contributed by atoms with Gasteiger partial charge in [-0.2, -0.15) is 0 Å². The second-order valence-electron chi connectivity index (χ2n) is 3.43. The summed E-state index contributed by atoms with van der Waals surface area (Å²) in [6.07, 6.45) is 0.175. The van der Waals surface area contributed by atoms with Gasteiger partial charge in [-0.3, -0.25) is 9.59 Å². The average Bonchev–Trinajstić information content (AvgIpc) is 2.30. The van der Waals surface area contributed by atoms with Crippen molar-refractivity contribution in [2.75, 3.05) is 18.9 Å². The van der Waals surface area contributed by atoms with E-state index in [0.717, 1.165) is 0 Å². The van der Waals surface area contributed by atoms with Crippen molar-refractivity contribution in [2.24, 2.45) is 0 Å². The minimum absolute atomic E-state index is 0.175. The number of hydrogen-bond donors (Lipinski definition) is 2. The smallest absolute Gasteiger partial charge is 0.307 e. The fourth-order valence-electron chi connectivity index (χ4n) is 1.25. The van der Waals surface area contributed by atoms with Gasteiger partial charge in [-0.15, -0.1) is 0 Å². The van der Waals surface area contributed by atoms with Crippen LogP contribution in [0.25, 0.3) is 0 Å². The van der Waals surface area contributed by atoms with E-state index in [2.05, 4.69) is 5.32 Å². The summed E-state index contributed by atoms with van der Waals surface area (Å²) >= 11 is 0. The number of nitrogens with two attached hydrogens (primary N) is 1. The topological polar surface area (TPSA) is 81.4 Å². The van der Waals surface area contributed by atoms with E-state index in [1.165, 1.54) is 0 Å². The van der Waals surface area contributed by atoms with Crippen molar-refractivity contribution < 1.29 is 14.3 Å². The highest BCUT2D eigenvalue weighted by molar-refractivity contribution is 5.94. The minimum atomic E-state index is -0.315. The highest BCUT2D eigenvalue weighted by Crippen LogP contribution is 2.04. The maximum atomic E-state index is 11.6. The molecule has 17 heavy (non-hydrogen) atoms. The summed E-state index contributed by atoms with van der Waals surface area (Å²) in [5.41, 5.74) is 6.63. The summed E-state index contributed by atoms with van der Waals surface area (Å²) in [4.78, 5) is 22.6. The second-order valence-corrected chi connectivity index (χ2v) is 3.43. The first kappa shape index (κ1) is 13.0. The van der Waals surface area contributed by atoms with Crippen molar-refractivity contribution in [3.8, 4) is 0 Å². The Morgan fingerprint density at radius 2 is 1.94 bits per heavy atom. The molecule has 5 heteroatoms. The minimum Gasteiger partial charge on any atom is -0.466 e. The van der Waals surface area contributed by atoms with Gasteiger partial charge in [-0.1, -0.05) is 0 Å². The van der Waals surface area contributed by atoms with Crippen molar-refractivity contribution in [2.45, 2.75) is 13.3 Å². The van der Waals surface area contributed by atoms with Crippen molar-refractivity contribution in [3.63, 3.8) is 0 Å². The predicted octanol–water partition coefficient (Wildman–Crippen LogP) is 0.952. The third-order valence-electron chi connectivity index (χ3n) is 2.09. The summed E-state index contributed by atoms with van der Waals surface area (Å²) < 4.78 is 4.74. The monoisotopic (exact) mass is 236 g/mol. The molecular weight excluding hydrogens is 220 g/mol. The Morgan fingerprint density at radius 1 is 1.29 bits per heavy atom. The third kappa shape index (κ3) is 4.55. The van der Waals surface area contributed by atoms with E-state index in [9.17, 15) is 9.59 Å². The number of esters is 1. The Labute approximate surface area is 99.9 Å². The summed E-state index contributed by atoms with van der Waals surface area (Å²) in [6, 6.07) is 6.57. The van der Waals surface area contributed by atoms with Gasteiger partial charge in [0.25, 0.3) is 5.91 Å². The molecule has 3 N–H and O–H groups in total. The maximum Gasteiger partial charge on any atom is 0.307 e. The van der Waals surface area contributed by atoms with Gasteiger partial charge < -0.3 is 15.8 Å². The Morgan fingerprint density at radius 3 is 2.53 bits per heavy atom. The molecule has 0 saturated carbocycles. The fourth-order valence-corrected chi connectivity index (χ4v) is 1.25. The summed E-state index contributed by atoms with van der Waals surface area (Å²) in [7, 11) is 0. The molecule has 92 valence electrons. The van der Waals surface area contributed by atoms with Gasteiger partial charge >= 0.3 is 5.97 Å². The molecule has 0 aliphatic heterocycles. The van der Waals surface area contributed by atoms with Crippen LogP contribution in [0.3, 0.4) is 0 Å². The number of ether oxygens (including phenoxy) is 1. The molecule has 0 fully saturated rings. The van der Waals surface area contributed by atoms with Crippen molar-refractivity contribution in [1.29, 1.82) is 0 Å². The molecule has 0 aliphatic rings. The quantitative estimate of drug-likeness (QED) is 0.589. The molecule has 0 heterocycles. The molecule has 0 bridgehead atoms. The number of hydrogen-bond acceptors (Lipinski definition) is 4. The van der Waals surface area contributed by atoms with Crippen LogP contribution in [0.15, 0.2) is 24.3 Å². The van der Waals surface area contributed by atoms with Gasteiger partial charge in [-0.25, -0.2) is 0 Å². The Kier molecular flexibility index (Phi) is 5.00. The van der Waals surface area contributed by atoms with E-state index in [0.29, 0.717) is 17.9 Å². The van der Waals surface area contributed by atoms with Gasteiger partial charge in [-0.05, 0) is 31.2 Å². The fraction of sp³-hybridized carbons (Fsp3) is 0.333. The molecule has 0 spiro atoms. The van der Waals surface area contributed by atoms with E-state index in [1.807, 2.05) is 0 Å². The molecule has 0 unspecified atom stereocenters. The van der Waals surface area contributed by atoms with Crippen molar-refractivity contribution >= 4 is 17.6 Å². The number of carbonyl (C=O) groups is 2. The third-order valence-corrected chi connectivity index (χ3v) is 2.09. The number of rotatable bonds is 5. The standard InChI is InChI=1S/C12H16N2O3/c1-2-17-11(15)7-8-14-12(16)9-3-5-10(13)6-4-9/h3-6H,2,7-8,13H2,1H3,(H,14,16). The molecular formula is C12H16N2O3. The Hall–Kier alpha value is -2.04. The van der Waals surface area contributed by atoms with Crippen LogP contribution in [-0.2, 0) is 9.53 Å². The van der Waals surface area contributed by atoms with Gasteiger partial charge in [0.1, 0.15) is 0 Å². The highest BCUT2D eigenvalue weighted by Gasteiger charge is 2.06. The lowest BCUT2D eigenvalue weighted by Gasteiger charge is -2.05. The highest BCUT2D eigenvalue weighted by atomic mass is 16.5. The van der Waals surface area contributed by atoms with Crippen LogP contribution in [-0.4, -0.2) is 25.0 Å². The van der Waals surface area contributed by atoms with Gasteiger partial charge in [0.05, 0.1) is 13.0 Å². The van der Waals surface area contributed by atoms with Crippen LogP contribution in [0.4, 0.5) is 5.69 Å². The van der Waals surface area contributed by atoms with Crippen LogP contribution in [0.1, 0.15) is 23.7 Å². The molecule has 5 nitrogen and oxygen atoms in total. The van der Waals surface area contributed by atoms with Crippen molar-refractivity contribution in [3.05, 3.63) is 29.8 Å². The number of nitrogen functional groups attached to an aromatic ring is 1. The number of nitrogens with one attached hydrogen (secondary N) is 1. The first-order valence-electron chi connectivity index (χ1n) is 5.43. The first-order chi connectivity index (χ1) is 8.13. The zero-order valence-electron chi connectivity index (χ0n) is 9.73. The van der Waals surface area contributed by atoms with Crippen LogP contribution in [0.2, 0.25) is 0 Å². The zero-order chi connectivity index (χ0) is 12.7. The molecule has 0 aromatic heterocycles. The van der Waals surface area contributed by atoms with E-state index in [4.69, 9.17) is 10.5 Å². The van der Waals surface area contributed by atoms with Gasteiger partial charge in [0.2, 0.25) is 0 Å². The lowest BCUT2D eigenvalue weighted by Crippen LogP contribution is -2.26. The number of carbonyl (C=O) groups excluding carboxylic acids is 2. The SMILES string of the molecule is CCOC(=O)CCNC(=O)c1ccc(N)cc1. The lowest BCUT2D eigenvalue weighted by atomic mass is 10.2. The molecule has 1 aromatic carbocycles. The predicted molar refractivity (Wildman–Crippen MR) is 64.4 cm³/mol. The Bertz CT molecular complexity index is 387. The number of amides is 1. The maximum absolute atomic E-state index is 11.6. The van der Waals surface area contributed by atoms with Crippen molar-refractivity contribution in [1.82, 2.24) is 5.32 Å². The largest absolute Gasteiger partial charge is 0.466 e. The van der Waals surface area contributed by atoms with E-state index in [1.54, 1.807) is 31.2 Å². The Balaban J connectivity index is 2.35.